The van der Waals surface area contributed by atoms with Crippen molar-refractivity contribution >= 4 is 20.2 Å². The van der Waals surface area contributed by atoms with Crippen molar-refractivity contribution in [2.45, 2.75) is 13.8 Å². The summed E-state index contributed by atoms with van der Waals surface area (Å²) in [5.41, 5.74) is 0. The van der Waals surface area contributed by atoms with Crippen LogP contribution in [0.2, 0.25) is 0 Å². The molecule has 2 N–H and O–H groups in total. The molecule has 0 atom stereocenters. The zero-order chi connectivity index (χ0) is 10.4. The average molecular weight is 220 g/mol. The van der Waals surface area contributed by atoms with E-state index >= 15 is 0 Å². The van der Waals surface area contributed by atoms with Crippen molar-refractivity contribution in [3.63, 3.8) is 0 Å². The van der Waals surface area contributed by atoms with Crippen LogP contribution >= 0.6 is 0 Å². The van der Waals surface area contributed by atoms with E-state index in [2.05, 4.69) is 0 Å². The van der Waals surface area contributed by atoms with Gasteiger partial charge in [-0.2, -0.15) is 8.42 Å². The van der Waals surface area contributed by atoms with Gasteiger partial charge in [0.2, 0.25) is 0 Å². The first-order chi connectivity index (χ1) is 5.12. The summed E-state index contributed by atoms with van der Waals surface area (Å²) < 4.78 is 52.3. The molecule has 0 aliphatic heterocycles. The van der Waals surface area contributed by atoms with Crippen LogP contribution in [-0.4, -0.2) is 37.4 Å². The molecule has 0 unspecified atom stereocenters. The summed E-state index contributed by atoms with van der Waals surface area (Å²) in [6.45, 7) is 3.30. The molecule has 0 aliphatic carbocycles. The summed E-state index contributed by atoms with van der Waals surface area (Å²) in [4.78, 5) is 0. The first kappa shape index (κ1) is 14.3. The van der Waals surface area contributed by atoms with E-state index in [0.717, 1.165) is 0 Å². The lowest BCUT2D eigenvalue weighted by Gasteiger charge is -1.89. The van der Waals surface area contributed by atoms with Gasteiger partial charge in [0.25, 0.3) is 0 Å². The third-order valence-corrected chi connectivity index (χ3v) is 2.64. The van der Waals surface area contributed by atoms with E-state index in [0.29, 0.717) is 0 Å². The van der Waals surface area contributed by atoms with E-state index in [1.165, 1.54) is 0 Å². The topological polar surface area (TPSA) is 109 Å². The van der Waals surface area contributed by atoms with Gasteiger partial charge in [-0.3, -0.25) is 9.11 Å². The van der Waals surface area contributed by atoms with E-state index in [9.17, 15) is 8.42 Å². The van der Waals surface area contributed by atoms with Gasteiger partial charge in [0, 0.05) is 11.5 Å². The molecule has 0 aromatic rings. The summed E-state index contributed by atoms with van der Waals surface area (Å²) in [6, 6.07) is 0. The minimum Gasteiger partial charge on any atom is -0.264 e. The number of hydrogen-bond acceptors (Lipinski definition) is 4. The Morgan fingerprint density at radius 1 is 0.917 bits per heavy atom. The first-order valence-electron chi connectivity index (χ1n) is 3.02. The smallest absolute Gasteiger partial charge is 0.264 e. The first-order valence-corrected chi connectivity index (χ1v) is 6.24. The van der Waals surface area contributed by atoms with Gasteiger partial charge < -0.3 is 0 Å². The molecular weight excluding hydrogens is 208 g/mol. The van der Waals surface area contributed by atoms with Crippen molar-refractivity contribution in [1.82, 2.24) is 0 Å². The Hall–Kier alpha value is -0.180. The highest BCUT2D eigenvalue weighted by Crippen LogP contribution is 1.84. The van der Waals surface area contributed by atoms with Crippen LogP contribution in [0, 0.1) is 0 Å². The maximum absolute atomic E-state index is 10.4. The van der Waals surface area contributed by atoms with Crippen molar-refractivity contribution < 1.29 is 25.9 Å². The van der Waals surface area contributed by atoms with E-state index < -0.39 is 20.2 Å². The molecule has 8 heteroatoms. The van der Waals surface area contributed by atoms with Crippen molar-refractivity contribution in [2.75, 3.05) is 11.5 Å². The van der Waals surface area contributed by atoms with E-state index in [1.54, 1.807) is 13.8 Å². The maximum Gasteiger partial charge on any atom is 0.394 e. The Bertz CT molecular complexity index is 268. The van der Waals surface area contributed by atoms with Crippen molar-refractivity contribution in [3.05, 3.63) is 0 Å². The monoisotopic (exact) mass is 220 g/mol. The van der Waals surface area contributed by atoms with Gasteiger partial charge in [-0.15, -0.1) is 0 Å². The normalized spacial score (nSPS) is 11.7. The molecule has 0 rings (SSSR count). The Balaban J connectivity index is 0. The predicted octanol–water partition coefficient (Wildman–Crippen LogP) is -0.212. The average Bonchev–Trinajstić information content (AvgIpc) is 1.85. The molecule has 12 heavy (non-hydrogen) atoms. The van der Waals surface area contributed by atoms with Gasteiger partial charge in [-0.25, -0.2) is 8.42 Å². The van der Waals surface area contributed by atoms with Crippen LogP contribution < -0.4 is 0 Å². The third kappa shape index (κ3) is 22.6. The van der Waals surface area contributed by atoms with Crippen molar-refractivity contribution in [1.29, 1.82) is 0 Å². The van der Waals surface area contributed by atoms with E-state index in [4.69, 9.17) is 17.5 Å². The molecule has 0 heterocycles. The lowest BCUT2D eigenvalue weighted by atomic mass is 11.0. The van der Waals surface area contributed by atoms with Gasteiger partial charge >= 0.3 is 10.4 Å². The fourth-order valence-corrected chi connectivity index (χ4v) is 0.612. The highest BCUT2D eigenvalue weighted by molar-refractivity contribution is 7.91. The molecule has 0 spiro atoms. The lowest BCUT2D eigenvalue weighted by Crippen LogP contribution is -2.04. The lowest BCUT2D eigenvalue weighted by molar-refractivity contribution is 0.381. The number of sulfone groups is 1. The number of rotatable bonds is 2. The molecule has 0 fully saturated rings. The summed E-state index contributed by atoms with van der Waals surface area (Å²) in [5, 5.41) is 0. The molecule has 76 valence electrons. The molecule has 0 saturated heterocycles. The summed E-state index contributed by atoms with van der Waals surface area (Å²) in [5.74, 6) is 0.535. The molecule has 6 nitrogen and oxygen atoms in total. The van der Waals surface area contributed by atoms with E-state index in [1.807, 2.05) is 0 Å². The molecule has 0 amide bonds. The molecule has 0 aromatic carbocycles. The minimum absolute atomic E-state index is 0.267. The Labute approximate surface area is 72.1 Å². The highest BCUT2D eigenvalue weighted by atomic mass is 32.3. The zero-order valence-corrected chi connectivity index (χ0v) is 8.39. The van der Waals surface area contributed by atoms with Crippen molar-refractivity contribution in [2.24, 2.45) is 0 Å². The summed E-state index contributed by atoms with van der Waals surface area (Å²) in [7, 11) is -7.32. The fraction of sp³-hybridized carbons (Fsp3) is 1.00. The Morgan fingerprint density at radius 3 is 1.08 bits per heavy atom. The van der Waals surface area contributed by atoms with Gasteiger partial charge in [0.1, 0.15) is 9.84 Å². The summed E-state index contributed by atoms with van der Waals surface area (Å²) in [6.07, 6.45) is 0. The third-order valence-electron chi connectivity index (χ3n) is 0.880. The summed E-state index contributed by atoms with van der Waals surface area (Å²) >= 11 is 0. The molecule has 0 saturated carbocycles. The van der Waals surface area contributed by atoms with Gasteiger partial charge in [-0.1, -0.05) is 13.8 Å². The van der Waals surface area contributed by atoms with Gasteiger partial charge in [-0.05, 0) is 0 Å². The van der Waals surface area contributed by atoms with Gasteiger partial charge in [0.15, 0.2) is 0 Å². The Kier molecular flexibility index (Phi) is 6.53. The maximum atomic E-state index is 10.4. The number of hydrogen-bond donors (Lipinski definition) is 2. The van der Waals surface area contributed by atoms with Crippen LogP contribution in [0.4, 0.5) is 0 Å². The standard InChI is InChI=1S/C4H10O2S.H2O4S/c1-3-7(5,6)4-2;1-5(2,3)4/h3-4H2,1-2H3;(H2,1,2,3,4). The molecule has 0 bridgehead atoms. The molecule has 0 aliphatic rings. The van der Waals surface area contributed by atoms with Crippen LogP contribution in [0.1, 0.15) is 13.8 Å². The zero-order valence-electron chi connectivity index (χ0n) is 6.76. The van der Waals surface area contributed by atoms with Gasteiger partial charge in [0.05, 0.1) is 0 Å². The molecule has 0 radical (unpaired) electrons. The quantitative estimate of drug-likeness (QED) is 0.623. The van der Waals surface area contributed by atoms with Crippen LogP contribution in [0.15, 0.2) is 0 Å². The van der Waals surface area contributed by atoms with Crippen LogP contribution in [0.3, 0.4) is 0 Å². The fourth-order valence-electron chi connectivity index (χ4n) is 0.204. The SMILES string of the molecule is CCS(=O)(=O)CC.O=S(=O)(O)O. The Morgan fingerprint density at radius 2 is 1.08 bits per heavy atom. The van der Waals surface area contributed by atoms with Crippen LogP contribution in [0.5, 0.6) is 0 Å². The predicted molar refractivity (Wildman–Crippen MR) is 44.2 cm³/mol. The van der Waals surface area contributed by atoms with E-state index in [-0.39, 0.29) is 11.5 Å². The second-order valence-corrected chi connectivity index (χ2v) is 5.31. The second-order valence-electron chi connectivity index (χ2n) is 1.77. The van der Waals surface area contributed by atoms with Crippen LogP contribution in [-0.2, 0) is 20.2 Å². The highest BCUT2D eigenvalue weighted by Gasteiger charge is 1.99. The molecular formula is C4H12O6S2. The van der Waals surface area contributed by atoms with Crippen LogP contribution in [0.25, 0.3) is 0 Å². The van der Waals surface area contributed by atoms with Crippen molar-refractivity contribution in [3.8, 4) is 0 Å². The minimum atomic E-state index is -4.67. The second kappa shape index (κ2) is 5.46. The molecule has 0 aromatic heterocycles. The largest absolute Gasteiger partial charge is 0.394 e.